The first-order valence-corrected chi connectivity index (χ1v) is 10.1. The van der Waals surface area contributed by atoms with Crippen molar-refractivity contribution in [2.75, 3.05) is 12.9 Å². The molecule has 1 aromatic heterocycles. The minimum Gasteiger partial charge on any atom is -0.497 e. The number of benzene rings is 1. The van der Waals surface area contributed by atoms with E-state index in [9.17, 15) is 10.1 Å². The molecule has 0 unspecified atom stereocenters. The topological polar surface area (TPSA) is 92.8 Å². The maximum atomic E-state index is 12.4. The van der Waals surface area contributed by atoms with Crippen molar-refractivity contribution >= 4 is 17.7 Å². The molecule has 0 aliphatic heterocycles. The van der Waals surface area contributed by atoms with Crippen LogP contribution >= 0.6 is 11.8 Å². The van der Waals surface area contributed by atoms with Crippen molar-refractivity contribution in [3.8, 4) is 23.2 Å². The Morgan fingerprint density at radius 2 is 1.93 bits per heavy atom. The largest absolute Gasteiger partial charge is 0.497 e. The van der Waals surface area contributed by atoms with Gasteiger partial charge in [0, 0.05) is 11.6 Å². The van der Waals surface area contributed by atoms with Crippen LogP contribution in [0.1, 0.15) is 40.7 Å². The van der Waals surface area contributed by atoms with Gasteiger partial charge in [-0.25, -0.2) is 0 Å². The third-order valence-corrected chi connectivity index (χ3v) is 5.59. The number of thioether (sulfide) groups is 1. The van der Waals surface area contributed by atoms with Crippen molar-refractivity contribution < 1.29 is 9.53 Å². The van der Waals surface area contributed by atoms with Crippen LogP contribution in [0, 0.1) is 17.2 Å². The molecular weight excluding hydrogens is 374 g/mol. The number of nitrogens with one attached hydrogen (secondary N) is 1. The van der Waals surface area contributed by atoms with E-state index < -0.39 is 5.54 Å². The third kappa shape index (κ3) is 4.84. The zero-order valence-corrected chi connectivity index (χ0v) is 18.0. The van der Waals surface area contributed by atoms with Crippen LogP contribution in [0.25, 0.3) is 11.4 Å². The lowest BCUT2D eigenvalue weighted by Crippen LogP contribution is -2.49. The van der Waals surface area contributed by atoms with E-state index >= 15 is 0 Å². The number of hydrogen-bond donors (Lipinski definition) is 1. The molecule has 1 heterocycles. The van der Waals surface area contributed by atoms with Crippen molar-refractivity contribution in [3.05, 3.63) is 24.3 Å². The molecule has 0 fully saturated rings. The molecule has 150 valence electrons. The number of nitrogens with zero attached hydrogens (tertiary/aromatic N) is 4. The molecule has 0 spiro atoms. The minimum atomic E-state index is -0.891. The molecule has 8 heteroatoms. The van der Waals surface area contributed by atoms with Gasteiger partial charge in [0.15, 0.2) is 11.0 Å². The van der Waals surface area contributed by atoms with E-state index in [1.54, 1.807) is 14.0 Å². The van der Waals surface area contributed by atoms with Crippen molar-refractivity contribution in [2.24, 2.45) is 5.92 Å². The van der Waals surface area contributed by atoms with Crippen molar-refractivity contribution in [2.45, 2.75) is 51.4 Å². The summed E-state index contributed by atoms with van der Waals surface area (Å²) in [4.78, 5) is 12.4. The molecule has 7 nitrogen and oxygen atoms in total. The highest BCUT2D eigenvalue weighted by atomic mass is 32.2. The van der Waals surface area contributed by atoms with Crippen LogP contribution in [-0.4, -0.2) is 39.1 Å². The predicted molar refractivity (Wildman–Crippen MR) is 110 cm³/mol. The lowest BCUT2D eigenvalue weighted by atomic mass is 9.90. The predicted octanol–water partition coefficient (Wildman–Crippen LogP) is 3.68. The monoisotopic (exact) mass is 401 g/mol. The van der Waals surface area contributed by atoms with Gasteiger partial charge in [0.05, 0.1) is 18.9 Å². The summed E-state index contributed by atoms with van der Waals surface area (Å²) in [5.74, 6) is 1.48. The Labute approximate surface area is 170 Å². The summed E-state index contributed by atoms with van der Waals surface area (Å²) in [7, 11) is 1.63. The van der Waals surface area contributed by atoms with Gasteiger partial charge >= 0.3 is 0 Å². The fourth-order valence-electron chi connectivity index (χ4n) is 2.54. The maximum absolute atomic E-state index is 12.4. The van der Waals surface area contributed by atoms with E-state index in [1.807, 2.05) is 56.5 Å². The first kappa shape index (κ1) is 21.8. The molecule has 0 aliphatic carbocycles. The van der Waals surface area contributed by atoms with Crippen LogP contribution in [0.4, 0.5) is 0 Å². The number of nitriles is 1. The molecular formula is C20H27N5O2S. The second kappa shape index (κ2) is 9.11. The van der Waals surface area contributed by atoms with Gasteiger partial charge in [-0.1, -0.05) is 25.6 Å². The highest BCUT2D eigenvalue weighted by Crippen LogP contribution is 2.28. The van der Waals surface area contributed by atoms with Gasteiger partial charge in [-0.2, -0.15) is 5.26 Å². The first-order valence-electron chi connectivity index (χ1n) is 9.16. The molecule has 2 rings (SSSR count). The fourth-order valence-corrected chi connectivity index (χ4v) is 3.40. The summed E-state index contributed by atoms with van der Waals surface area (Å²) < 4.78 is 7.21. The van der Waals surface area contributed by atoms with Crippen molar-refractivity contribution in [1.29, 1.82) is 5.26 Å². The average molecular weight is 402 g/mol. The maximum Gasteiger partial charge on any atom is 0.231 e. The smallest absolute Gasteiger partial charge is 0.231 e. The van der Waals surface area contributed by atoms with E-state index in [4.69, 9.17) is 4.74 Å². The van der Waals surface area contributed by atoms with Crippen LogP contribution in [0.3, 0.4) is 0 Å². The number of ether oxygens (including phenoxy) is 1. The van der Waals surface area contributed by atoms with Crippen LogP contribution in [-0.2, 0) is 4.79 Å². The SMILES string of the molecule is COc1ccc(-c2nnc(SCC(=O)N[C@](C)(C#N)C(C)C)n2C(C)C)cc1. The summed E-state index contributed by atoms with van der Waals surface area (Å²) in [6.45, 7) is 9.65. The Balaban J connectivity index is 2.17. The average Bonchev–Trinajstić information content (AvgIpc) is 3.10. The summed E-state index contributed by atoms with van der Waals surface area (Å²) in [6.07, 6.45) is 0. The lowest BCUT2D eigenvalue weighted by molar-refractivity contribution is -0.120. The van der Waals surface area contributed by atoms with Gasteiger partial charge < -0.3 is 10.1 Å². The van der Waals surface area contributed by atoms with Gasteiger partial charge in [-0.15, -0.1) is 10.2 Å². The molecule has 1 aromatic carbocycles. The number of methoxy groups -OCH3 is 1. The molecule has 1 N–H and O–H groups in total. The Morgan fingerprint density at radius 3 is 2.43 bits per heavy atom. The Morgan fingerprint density at radius 1 is 1.29 bits per heavy atom. The van der Waals surface area contributed by atoms with Crippen LogP contribution < -0.4 is 10.1 Å². The number of aromatic nitrogens is 3. The van der Waals surface area contributed by atoms with Crippen LogP contribution in [0.15, 0.2) is 29.4 Å². The van der Waals surface area contributed by atoms with Crippen molar-refractivity contribution in [1.82, 2.24) is 20.1 Å². The quantitative estimate of drug-likeness (QED) is 0.678. The van der Waals surface area contributed by atoms with E-state index in [0.29, 0.717) is 5.16 Å². The van der Waals surface area contributed by atoms with Gasteiger partial charge in [0.2, 0.25) is 5.91 Å². The van der Waals surface area contributed by atoms with Crippen LogP contribution in [0.5, 0.6) is 5.75 Å². The van der Waals surface area contributed by atoms with Gasteiger partial charge in [0.1, 0.15) is 11.3 Å². The number of carbonyl (C=O) groups excluding carboxylic acids is 1. The first-order chi connectivity index (χ1) is 13.2. The Hall–Kier alpha value is -2.53. The molecule has 1 atom stereocenters. The Bertz CT molecular complexity index is 854. The highest BCUT2D eigenvalue weighted by molar-refractivity contribution is 7.99. The van der Waals surface area contributed by atoms with E-state index in [1.165, 1.54) is 11.8 Å². The molecule has 0 saturated heterocycles. The summed E-state index contributed by atoms with van der Waals surface area (Å²) >= 11 is 1.31. The number of rotatable bonds is 8. The molecule has 1 amide bonds. The van der Waals surface area contributed by atoms with Gasteiger partial charge in [-0.05, 0) is 51.0 Å². The van der Waals surface area contributed by atoms with Crippen molar-refractivity contribution in [3.63, 3.8) is 0 Å². The summed E-state index contributed by atoms with van der Waals surface area (Å²) in [5.41, 5.74) is 0.0348. The van der Waals surface area contributed by atoms with E-state index in [0.717, 1.165) is 17.1 Å². The lowest BCUT2D eigenvalue weighted by Gasteiger charge is -2.27. The second-order valence-electron chi connectivity index (χ2n) is 7.30. The minimum absolute atomic E-state index is 0.00689. The van der Waals surface area contributed by atoms with E-state index in [2.05, 4.69) is 21.6 Å². The van der Waals surface area contributed by atoms with Crippen LogP contribution in [0.2, 0.25) is 0 Å². The summed E-state index contributed by atoms with van der Waals surface area (Å²) in [6, 6.07) is 9.94. The molecule has 2 aromatic rings. The third-order valence-electron chi connectivity index (χ3n) is 4.65. The molecule has 0 saturated carbocycles. The molecule has 0 aliphatic rings. The van der Waals surface area contributed by atoms with E-state index in [-0.39, 0.29) is 23.6 Å². The zero-order valence-electron chi connectivity index (χ0n) is 17.2. The number of hydrogen-bond acceptors (Lipinski definition) is 6. The highest BCUT2D eigenvalue weighted by Gasteiger charge is 2.30. The zero-order chi connectivity index (χ0) is 20.9. The molecule has 0 radical (unpaired) electrons. The standard InChI is InChI=1S/C20H27N5O2S/c1-13(2)20(5,12-21)22-17(26)11-28-19-24-23-18(25(19)14(3)4)15-7-9-16(27-6)10-8-15/h7-10,13-14H,11H2,1-6H3,(H,22,26)/t20-/m1/s1. The molecule has 28 heavy (non-hydrogen) atoms. The molecule has 0 bridgehead atoms. The normalized spacial score (nSPS) is 13.2. The fraction of sp³-hybridized carbons (Fsp3) is 0.500. The second-order valence-corrected chi connectivity index (χ2v) is 8.25. The van der Waals surface area contributed by atoms with Gasteiger partial charge in [0.25, 0.3) is 0 Å². The Kier molecular flexibility index (Phi) is 7.08. The van der Waals surface area contributed by atoms with Gasteiger partial charge in [-0.3, -0.25) is 9.36 Å². The summed E-state index contributed by atoms with van der Waals surface area (Å²) in [5, 5.41) is 21.5. The number of carbonyl (C=O) groups is 1. The number of amides is 1.